The molecule has 0 spiro atoms. The number of esters is 4. The van der Waals surface area contributed by atoms with E-state index in [1.54, 1.807) is 0 Å². The molecular formula is C44H78N2O8+2. The minimum atomic E-state index is -0.559. The number of likely N-dealkylation sites (N-methyl/N-ethyl adjacent to an activating group) is 2. The van der Waals surface area contributed by atoms with Gasteiger partial charge in [-0.25, -0.2) is 0 Å². The molecule has 2 atom stereocenters. The third kappa shape index (κ3) is 28.5. The van der Waals surface area contributed by atoms with E-state index in [0.717, 1.165) is 49.7 Å². The second-order valence-electron chi connectivity index (χ2n) is 17.2. The molecular weight excluding hydrogens is 684 g/mol. The molecule has 0 unspecified atom stereocenters. The number of carbonyl (C=O) groups is 4. The van der Waals surface area contributed by atoms with Crippen LogP contribution in [0.1, 0.15) is 153 Å². The van der Waals surface area contributed by atoms with Gasteiger partial charge in [0.05, 0.1) is 55.1 Å². The van der Waals surface area contributed by atoms with Crippen LogP contribution in [-0.4, -0.2) is 100 Å². The average molecular weight is 763 g/mol. The molecule has 0 bridgehead atoms. The average Bonchev–Trinajstić information content (AvgIpc) is 3.07. The highest BCUT2D eigenvalue weighted by Gasteiger charge is 2.27. The molecule has 0 aliphatic rings. The number of hydrogen-bond donors (Lipinski definition) is 0. The molecule has 1 aromatic carbocycles. The predicted molar refractivity (Wildman–Crippen MR) is 215 cm³/mol. The molecule has 310 valence electrons. The van der Waals surface area contributed by atoms with Crippen molar-refractivity contribution in [1.82, 2.24) is 0 Å². The van der Waals surface area contributed by atoms with Gasteiger partial charge in [0.2, 0.25) is 0 Å². The fourth-order valence-corrected chi connectivity index (χ4v) is 6.35. The first-order valence-electron chi connectivity index (χ1n) is 21.0. The Kier molecular flexibility index (Phi) is 25.8. The number of carbonyl (C=O) groups excluding carboxylic acids is 4. The Hall–Kier alpha value is -2.98. The van der Waals surface area contributed by atoms with Gasteiger partial charge in [0, 0.05) is 12.8 Å². The molecule has 1 aromatic rings. The maximum atomic E-state index is 12.8. The number of ether oxygens (including phenoxy) is 4. The number of hydrogen-bond acceptors (Lipinski definition) is 8. The van der Waals surface area contributed by atoms with Crippen LogP contribution in [0.2, 0.25) is 0 Å². The summed E-state index contributed by atoms with van der Waals surface area (Å²) >= 11 is 0. The number of rotatable bonds is 32. The molecule has 0 N–H and O–H groups in total. The monoisotopic (exact) mass is 763 g/mol. The van der Waals surface area contributed by atoms with E-state index in [4.69, 9.17) is 18.9 Å². The lowest BCUT2D eigenvalue weighted by Crippen LogP contribution is -2.44. The first kappa shape index (κ1) is 49.0. The standard InChI is InChI=1S/C44H78N2O8/c1-9-11-13-15-17-19-21-23-25-41(47)53-39(33-45(3,4)5)31-43(49)51-35-37-27-29-38(30-28-37)36-52-44(50)32-40(34-46(6,7)8)54-42(48)26-24-22-20-18-16-14-12-10-2/h27-30,39-40H,9-26,31-36H2,1-8H3/q+2/t39-,40-/m1/s1. The van der Waals surface area contributed by atoms with Gasteiger partial charge in [0.1, 0.15) is 26.3 Å². The molecule has 0 aromatic heterocycles. The van der Waals surface area contributed by atoms with Crippen molar-refractivity contribution < 1.29 is 47.1 Å². The summed E-state index contributed by atoms with van der Waals surface area (Å²) in [6.45, 7) is 5.60. The summed E-state index contributed by atoms with van der Waals surface area (Å²) in [6, 6.07) is 7.32. The number of unbranched alkanes of at least 4 members (excludes halogenated alkanes) is 14. The number of nitrogens with zero attached hydrogens (tertiary/aromatic N) is 2. The third-order valence-corrected chi connectivity index (χ3v) is 9.18. The van der Waals surface area contributed by atoms with Gasteiger partial charge in [-0.05, 0) is 24.0 Å². The summed E-state index contributed by atoms with van der Waals surface area (Å²) in [5.74, 6) is -1.37. The summed E-state index contributed by atoms with van der Waals surface area (Å²) < 4.78 is 23.7. The van der Waals surface area contributed by atoms with Crippen LogP contribution in [0.3, 0.4) is 0 Å². The first-order chi connectivity index (χ1) is 25.6. The quantitative estimate of drug-likeness (QED) is 0.0311. The van der Waals surface area contributed by atoms with Gasteiger partial charge in [-0.3, -0.25) is 19.2 Å². The third-order valence-electron chi connectivity index (χ3n) is 9.18. The van der Waals surface area contributed by atoms with E-state index >= 15 is 0 Å². The molecule has 10 nitrogen and oxygen atoms in total. The number of benzene rings is 1. The van der Waals surface area contributed by atoms with Crippen LogP contribution in [0.4, 0.5) is 0 Å². The van der Waals surface area contributed by atoms with Crippen molar-refractivity contribution in [3.63, 3.8) is 0 Å². The molecule has 0 heterocycles. The maximum Gasteiger partial charge on any atom is 0.310 e. The van der Waals surface area contributed by atoms with Crippen molar-refractivity contribution in [3.05, 3.63) is 35.4 Å². The first-order valence-corrected chi connectivity index (χ1v) is 21.0. The minimum Gasteiger partial charge on any atom is -0.461 e. The van der Waals surface area contributed by atoms with Crippen molar-refractivity contribution in [3.8, 4) is 0 Å². The molecule has 54 heavy (non-hydrogen) atoms. The molecule has 0 saturated carbocycles. The van der Waals surface area contributed by atoms with Gasteiger partial charge in [0.25, 0.3) is 0 Å². The smallest absolute Gasteiger partial charge is 0.310 e. The van der Waals surface area contributed by atoms with Crippen molar-refractivity contribution >= 4 is 23.9 Å². The van der Waals surface area contributed by atoms with Gasteiger partial charge >= 0.3 is 23.9 Å². The molecule has 0 aliphatic carbocycles. The van der Waals surface area contributed by atoms with Gasteiger partial charge in [-0.2, -0.15) is 0 Å². The molecule has 0 saturated heterocycles. The van der Waals surface area contributed by atoms with Gasteiger partial charge < -0.3 is 27.9 Å². The normalized spacial score (nSPS) is 12.9. The van der Waals surface area contributed by atoms with Crippen molar-refractivity contribution in [2.45, 2.75) is 168 Å². The second-order valence-corrected chi connectivity index (χ2v) is 17.2. The highest BCUT2D eigenvalue weighted by molar-refractivity contribution is 5.73. The summed E-state index contributed by atoms with van der Waals surface area (Å²) in [4.78, 5) is 50.8. The summed E-state index contributed by atoms with van der Waals surface area (Å²) in [7, 11) is 12.0. The minimum absolute atomic E-state index is 0.00365. The molecule has 0 amide bonds. The highest BCUT2D eigenvalue weighted by Crippen LogP contribution is 2.16. The van der Waals surface area contributed by atoms with Gasteiger partial charge in [0.15, 0.2) is 12.2 Å². The fourth-order valence-electron chi connectivity index (χ4n) is 6.35. The Labute approximate surface area is 328 Å². The van der Waals surface area contributed by atoms with E-state index in [1.165, 1.54) is 64.2 Å². The topological polar surface area (TPSA) is 105 Å². The van der Waals surface area contributed by atoms with Gasteiger partial charge in [-0.1, -0.05) is 128 Å². The van der Waals surface area contributed by atoms with Crippen LogP contribution >= 0.6 is 0 Å². The Balaban J connectivity index is 2.50. The Bertz CT molecular complexity index is 1080. The second kappa shape index (κ2) is 28.4. The van der Waals surface area contributed by atoms with Crippen molar-refractivity contribution in [2.24, 2.45) is 0 Å². The summed E-state index contributed by atoms with van der Waals surface area (Å²) in [6.07, 6.45) is 18.0. The van der Waals surface area contributed by atoms with E-state index in [0.29, 0.717) is 34.9 Å². The highest BCUT2D eigenvalue weighted by atomic mass is 16.6. The lowest BCUT2D eigenvalue weighted by atomic mass is 10.1. The van der Waals surface area contributed by atoms with Crippen LogP contribution in [0.25, 0.3) is 0 Å². The van der Waals surface area contributed by atoms with Crippen LogP contribution in [0.15, 0.2) is 24.3 Å². The Morgan fingerprint density at radius 3 is 1.06 bits per heavy atom. The van der Waals surface area contributed by atoms with Crippen molar-refractivity contribution in [1.29, 1.82) is 0 Å². The fraction of sp³-hybridized carbons (Fsp3) is 0.773. The van der Waals surface area contributed by atoms with E-state index in [2.05, 4.69) is 13.8 Å². The zero-order valence-corrected chi connectivity index (χ0v) is 35.6. The van der Waals surface area contributed by atoms with Crippen molar-refractivity contribution in [2.75, 3.05) is 55.4 Å². The Morgan fingerprint density at radius 1 is 0.463 bits per heavy atom. The lowest BCUT2D eigenvalue weighted by Gasteiger charge is -2.28. The van der Waals surface area contributed by atoms with E-state index in [9.17, 15) is 19.2 Å². The van der Waals surface area contributed by atoms with Crippen LogP contribution in [0.5, 0.6) is 0 Å². The maximum absolute atomic E-state index is 12.8. The van der Waals surface area contributed by atoms with Crippen LogP contribution < -0.4 is 0 Å². The largest absolute Gasteiger partial charge is 0.461 e. The van der Waals surface area contributed by atoms with Crippen LogP contribution in [0, 0.1) is 0 Å². The summed E-state index contributed by atoms with van der Waals surface area (Å²) in [5.41, 5.74) is 1.58. The summed E-state index contributed by atoms with van der Waals surface area (Å²) in [5, 5.41) is 0. The zero-order valence-electron chi connectivity index (χ0n) is 35.6. The van der Waals surface area contributed by atoms with E-state index < -0.39 is 24.1 Å². The molecule has 0 aliphatic heterocycles. The molecule has 10 heteroatoms. The Morgan fingerprint density at radius 2 is 0.759 bits per heavy atom. The molecule has 0 fully saturated rings. The molecule has 1 rings (SSSR count). The number of quaternary nitrogens is 2. The predicted octanol–water partition coefficient (Wildman–Crippen LogP) is 8.85. The van der Waals surface area contributed by atoms with E-state index in [-0.39, 0.29) is 38.0 Å². The van der Waals surface area contributed by atoms with Gasteiger partial charge in [-0.15, -0.1) is 0 Å². The molecule has 0 radical (unpaired) electrons. The zero-order chi connectivity index (χ0) is 40.2. The van der Waals surface area contributed by atoms with Crippen LogP contribution in [-0.2, 0) is 51.3 Å². The van der Waals surface area contributed by atoms with E-state index in [1.807, 2.05) is 66.6 Å². The SMILES string of the molecule is CCCCCCCCCCC(=O)O[C@H](CC(=O)OCc1ccc(COC(=O)C[C@H](C[N+](C)(C)C)OC(=O)CCCCCCCCCC)cc1)C[N+](C)(C)C. The lowest BCUT2D eigenvalue weighted by molar-refractivity contribution is -0.873.